The first-order valence-corrected chi connectivity index (χ1v) is 9.73. The van der Waals surface area contributed by atoms with Crippen LogP contribution in [0.25, 0.3) is 0 Å². The standard InChI is InChI=1S/C19H23N3O3S/c1-2-25-19(24)18-21-16(13-26-18)12-22-10-6-7-14(11-22)17(23)20-15-8-4-3-5-9-15/h3-5,8-9,13-14H,2,6-7,10-12H2,1H3,(H,20,23)/t14-/m1/s1. The Morgan fingerprint density at radius 1 is 1.35 bits per heavy atom. The summed E-state index contributed by atoms with van der Waals surface area (Å²) in [5.74, 6) is -0.346. The highest BCUT2D eigenvalue weighted by atomic mass is 32.1. The highest BCUT2D eigenvalue weighted by Crippen LogP contribution is 2.21. The molecule has 1 fully saturated rings. The summed E-state index contributed by atoms with van der Waals surface area (Å²) < 4.78 is 4.98. The first-order valence-electron chi connectivity index (χ1n) is 8.85. The van der Waals surface area contributed by atoms with Crippen molar-refractivity contribution in [2.45, 2.75) is 26.3 Å². The number of rotatable bonds is 6. The molecule has 0 saturated carbocycles. The first kappa shape index (κ1) is 18.5. The van der Waals surface area contributed by atoms with Crippen molar-refractivity contribution in [2.24, 2.45) is 5.92 Å². The Morgan fingerprint density at radius 3 is 2.92 bits per heavy atom. The minimum atomic E-state index is -0.373. The predicted molar refractivity (Wildman–Crippen MR) is 101 cm³/mol. The van der Waals surface area contributed by atoms with E-state index in [9.17, 15) is 9.59 Å². The minimum Gasteiger partial charge on any atom is -0.461 e. The van der Waals surface area contributed by atoms with Crippen LogP contribution in [0.5, 0.6) is 0 Å². The molecule has 1 N–H and O–H groups in total. The van der Waals surface area contributed by atoms with Gasteiger partial charge < -0.3 is 10.1 Å². The lowest BCUT2D eigenvalue weighted by Crippen LogP contribution is -2.40. The van der Waals surface area contributed by atoms with E-state index < -0.39 is 0 Å². The molecule has 3 rings (SSSR count). The number of esters is 1. The molecule has 1 aliphatic rings. The van der Waals surface area contributed by atoms with Gasteiger partial charge in [0.05, 0.1) is 18.2 Å². The van der Waals surface area contributed by atoms with E-state index in [-0.39, 0.29) is 17.8 Å². The molecular weight excluding hydrogens is 350 g/mol. The number of aromatic nitrogens is 1. The zero-order chi connectivity index (χ0) is 18.4. The summed E-state index contributed by atoms with van der Waals surface area (Å²) in [5.41, 5.74) is 1.68. The van der Waals surface area contributed by atoms with Crippen LogP contribution >= 0.6 is 11.3 Å². The van der Waals surface area contributed by atoms with E-state index in [4.69, 9.17) is 4.74 Å². The van der Waals surface area contributed by atoms with Crippen LogP contribution in [0.1, 0.15) is 35.3 Å². The fraction of sp³-hybridized carbons (Fsp3) is 0.421. The van der Waals surface area contributed by atoms with Crippen LogP contribution in [-0.4, -0.2) is 41.5 Å². The van der Waals surface area contributed by atoms with Crippen molar-refractivity contribution in [3.63, 3.8) is 0 Å². The third-order valence-corrected chi connectivity index (χ3v) is 5.18. The summed E-state index contributed by atoms with van der Waals surface area (Å²) in [4.78, 5) is 30.8. The molecule has 1 saturated heterocycles. The van der Waals surface area contributed by atoms with Gasteiger partial charge in [0.15, 0.2) is 0 Å². The number of hydrogen-bond acceptors (Lipinski definition) is 6. The summed E-state index contributed by atoms with van der Waals surface area (Å²) in [7, 11) is 0. The van der Waals surface area contributed by atoms with Crippen LogP contribution in [0.3, 0.4) is 0 Å². The number of nitrogens with one attached hydrogen (secondary N) is 1. The number of carbonyl (C=O) groups excluding carboxylic acids is 2. The molecule has 0 aliphatic carbocycles. The Hall–Kier alpha value is -2.25. The molecule has 26 heavy (non-hydrogen) atoms. The van der Waals surface area contributed by atoms with E-state index in [1.165, 1.54) is 11.3 Å². The van der Waals surface area contributed by atoms with Crippen molar-refractivity contribution in [3.8, 4) is 0 Å². The number of ether oxygens (including phenoxy) is 1. The molecule has 0 radical (unpaired) electrons. The van der Waals surface area contributed by atoms with Gasteiger partial charge in [-0.1, -0.05) is 18.2 Å². The van der Waals surface area contributed by atoms with Gasteiger partial charge in [-0.3, -0.25) is 9.69 Å². The van der Waals surface area contributed by atoms with E-state index in [1.54, 1.807) is 6.92 Å². The minimum absolute atomic E-state index is 0.0351. The lowest BCUT2D eigenvalue weighted by Gasteiger charge is -2.31. The summed E-state index contributed by atoms with van der Waals surface area (Å²) in [6, 6.07) is 9.53. The molecule has 2 heterocycles. The monoisotopic (exact) mass is 373 g/mol. The fourth-order valence-corrected chi connectivity index (χ4v) is 3.77. The molecule has 1 aromatic carbocycles. The third-order valence-electron chi connectivity index (χ3n) is 4.31. The number of nitrogens with zero attached hydrogens (tertiary/aromatic N) is 2. The quantitative estimate of drug-likeness (QED) is 0.788. The second kappa shape index (κ2) is 8.91. The number of benzene rings is 1. The number of carbonyl (C=O) groups is 2. The number of anilines is 1. The van der Waals surface area contributed by atoms with Gasteiger partial charge in [-0.25, -0.2) is 9.78 Å². The van der Waals surface area contributed by atoms with Crippen molar-refractivity contribution >= 4 is 28.9 Å². The van der Waals surface area contributed by atoms with Crippen molar-refractivity contribution in [2.75, 3.05) is 25.0 Å². The van der Waals surface area contributed by atoms with Crippen molar-refractivity contribution < 1.29 is 14.3 Å². The number of para-hydroxylation sites is 1. The highest BCUT2D eigenvalue weighted by molar-refractivity contribution is 7.11. The second-order valence-corrected chi connectivity index (χ2v) is 7.15. The molecule has 1 amide bonds. The number of likely N-dealkylation sites (tertiary alicyclic amines) is 1. The van der Waals surface area contributed by atoms with Crippen LogP contribution in [0.15, 0.2) is 35.7 Å². The Balaban J connectivity index is 1.55. The van der Waals surface area contributed by atoms with Crippen LogP contribution in [0, 0.1) is 5.92 Å². The van der Waals surface area contributed by atoms with Gasteiger partial charge >= 0.3 is 5.97 Å². The Labute approximate surface area is 157 Å². The summed E-state index contributed by atoms with van der Waals surface area (Å²) >= 11 is 1.30. The highest BCUT2D eigenvalue weighted by Gasteiger charge is 2.26. The maximum atomic E-state index is 12.5. The molecule has 1 aromatic heterocycles. The Kier molecular flexibility index (Phi) is 6.35. The lowest BCUT2D eigenvalue weighted by atomic mass is 9.97. The molecule has 1 aliphatic heterocycles. The average molecular weight is 373 g/mol. The van der Waals surface area contributed by atoms with E-state index in [0.29, 0.717) is 24.7 Å². The first-order chi connectivity index (χ1) is 12.7. The largest absolute Gasteiger partial charge is 0.461 e. The van der Waals surface area contributed by atoms with Crippen molar-refractivity contribution in [1.29, 1.82) is 0 Å². The van der Waals surface area contributed by atoms with Crippen LogP contribution < -0.4 is 5.32 Å². The van der Waals surface area contributed by atoms with Gasteiger partial charge in [0, 0.05) is 24.2 Å². The predicted octanol–water partition coefficient (Wildman–Crippen LogP) is 3.17. The smallest absolute Gasteiger partial charge is 0.367 e. The maximum Gasteiger partial charge on any atom is 0.367 e. The topological polar surface area (TPSA) is 71.5 Å². The van der Waals surface area contributed by atoms with Crippen molar-refractivity contribution in [3.05, 3.63) is 46.4 Å². The van der Waals surface area contributed by atoms with E-state index >= 15 is 0 Å². The summed E-state index contributed by atoms with van der Waals surface area (Å²) in [6.07, 6.45) is 1.86. The second-order valence-electron chi connectivity index (χ2n) is 6.29. The average Bonchev–Trinajstić information content (AvgIpc) is 3.11. The van der Waals surface area contributed by atoms with Gasteiger partial charge in [-0.05, 0) is 38.4 Å². The maximum absolute atomic E-state index is 12.5. The van der Waals surface area contributed by atoms with Gasteiger partial charge in [0.2, 0.25) is 10.9 Å². The molecule has 138 valence electrons. The Morgan fingerprint density at radius 2 is 2.15 bits per heavy atom. The van der Waals surface area contributed by atoms with E-state index in [2.05, 4.69) is 15.2 Å². The zero-order valence-electron chi connectivity index (χ0n) is 14.8. The number of piperidine rings is 1. The van der Waals surface area contributed by atoms with E-state index in [1.807, 2.05) is 35.7 Å². The lowest BCUT2D eigenvalue weighted by molar-refractivity contribution is -0.121. The van der Waals surface area contributed by atoms with Crippen LogP contribution in [-0.2, 0) is 16.1 Å². The molecule has 7 heteroatoms. The SMILES string of the molecule is CCOC(=O)c1nc(CN2CCC[C@@H](C(=O)Nc3ccccc3)C2)cs1. The van der Waals surface area contributed by atoms with Crippen LogP contribution in [0.2, 0.25) is 0 Å². The van der Waals surface area contributed by atoms with Gasteiger partial charge in [0.1, 0.15) is 0 Å². The fourth-order valence-electron chi connectivity index (χ4n) is 3.07. The zero-order valence-corrected chi connectivity index (χ0v) is 15.6. The van der Waals surface area contributed by atoms with Gasteiger partial charge in [-0.15, -0.1) is 11.3 Å². The Bertz CT molecular complexity index is 747. The molecular formula is C19H23N3O3S. The van der Waals surface area contributed by atoms with Crippen LogP contribution in [0.4, 0.5) is 5.69 Å². The number of amides is 1. The van der Waals surface area contributed by atoms with Crippen molar-refractivity contribution in [1.82, 2.24) is 9.88 Å². The molecule has 6 nitrogen and oxygen atoms in total. The van der Waals surface area contributed by atoms with E-state index in [0.717, 1.165) is 30.8 Å². The normalized spacial score (nSPS) is 17.7. The molecule has 0 bridgehead atoms. The van der Waals surface area contributed by atoms with Gasteiger partial charge in [-0.2, -0.15) is 0 Å². The summed E-state index contributed by atoms with van der Waals surface area (Å²) in [5, 5.41) is 5.26. The van der Waals surface area contributed by atoms with Gasteiger partial charge in [0.25, 0.3) is 0 Å². The molecule has 0 spiro atoms. The summed E-state index contributed by atoms with van der Waals surface area (Å²) in [6.45, 7) is 4.40. The molecule has 1 atom stereocenters. The molecule has 0 unspecified atom stereocenters. The number of thiazole rings is 1. The number of hydrogen-bond donors (Lipinski definition) is 1. The molecule has 2 aromatic rings. The third kappa shape index (κ3) is 4.89.